The van der Waals surface area contributed by atoms with E-state index in [0.29, 0.717) is 18.6 Å². The van der Waals surface area contributed by atoms with Crippen LogP contribution >= 0.6 is 11.6 Å². The summed E-state index contributed by atoms with van der Waals surface area (Å²) in [6, 6.07) is 3.36. The zero-order valence-electron chi connectivity index (χ0n) is 19.5. The number of rotatable bonds is 6. The first-order chi connectivity index (χ1) is 15.8. The Balaban J connectivity index is 2.65. The maximum atomic E-state index is 13.1. The van der Waals surface area contributed by atoms with E-state index in [1.54, 1.807) is 27.7 Å². The number of carbonyl (C=O) groups excluding carboxylic acids is 1. The number of carbonyl (C=O) groups is 1. The van der Waals surface area contributed by atoms with Crippen LogP contribution in [0.2, 0.25) is 5.02 Å². The Hall–Kier alpha value is -2.31. The van der Waals surface area contributed by atoms with Gasteiger partial charge in [0, 0.05) is 5.56 Å². The molecule has 194 valence electrons. The van der Waals surface area contributed by atoms with E-state index in [9.17, 15) is 39.9 Å². The monoisotopic (exact) mass is 555 g/mol. The normalized spacial score (nSPS) is 13.1. The van der Waals surface area contributed by atoms with Crippen LogP contribution in [-0.2, 0) is 25.1 Å². The topological polar surface area (TPSA) is 118 Å². The molecule has 13 heteroatoms. The molecular weight excluding hydrogens is 531 g/mol. The van der Waals surface area contributed by atoms with Crippen LogP contribution in [0.1, 0.15) is 55.6 Å². The summed E-state index contributed by atoms with van der Waals surface area (Å²) in [5.41, 5.74) is -6.72. The highest BCUT2D eigenvalue weighted by Crippen LogP contribution is 2.40. The quantitative estimate of drug-likeness (QED) is 0.494. The highest BCUT2D eigenvalue weighted by molar-refractivity contribution is 7.92. The number of amides is 1. The fourth-order valence-corrected chi connectivity index (χ4v) is 6.08. The molecule has 2 N–H and O–H groups in total. The number of aromatic hydroxyl groups is 1. The van der Waals surface area contributed by atoms with E-state index in [0.717, 1.165) is 6.07 Å². The molecule has 7 nitrogen and oxygen atoms in total. The molecule has 0 aliphatic heterocycles. The van der Waals surface area contributed by atoms with Gasteiger partial charge in [0.15, 0.2) is 9.84 Å². The van der Waals surface area contributed by atoms with Gasteiger partial charge in [-0.3, -0.25) is 4.79 Å². The number of phenols is 1. The molecule has 0 bridgehead atoms. The third-order valence-electron chi connectivity index (χ3n) is 5.16. The van der Waals surface area contributed by atoms with Crippen LogP contribution in [0.4, 0.5) is 18.9 Å². The lowest BCUT2D eigenvalue weighted by Gasteiger charge is -2.25. The summed E-state index contributed by atoms with van der Waals surface area (Å²) in [7, 11) is -9.47. The number of halogens is 4. The number of alkyl halides is 3. The zero-order chi connectivity index (χ0) is 27.1. The molecule has 0 saturated carbocycles. The summed E-state index contributed by atoms with van der Waals surface area (Å²) in [5, 5.41) is 12.7. The van der Waals surface area contributed by atoms with Crippen molar-refractivity contribution in [3.05, 3.63) is 46.0 Å². The lowest BCUT2D eigenvalue weighted by Crippen LogP contribution is -2.23. The molecule has 2 aromatic carbocycles. The number of anilines is 1. The fraction of sp³-hybridized carbons (Fsp3) is 0.409. The van der Waals surface area contributed by atoms with Crippen LogP contribution in [-0.4, -0.2) is 39.1 Å². The van der Waals surface area contributed by atoms with E-state index < -0.39 is 52.2 Å². The first kappa shape index (κ1) is 28.9. The molecule has 0 heterocycles. The predicted molar refractivity (Wildman–Crippen MR) is 127 cm³/mol. The molecule has 0 atom stereocenters. The minimum absolute atomic E-state index is 0.0196. The van der Waals surface area contributed by atoms with Crippen molar-refractivity contribution in [3.8, 4) is 5.75 Å². The average Bonchev–Trinajstić information content (AvgIpc) is 2.67. The Labute approximate surface area is 207 Å². The minimum atomic E-state index is -5.66. The van der Waals surface area contributed by atoms with Gasteiger partial charge in [0.25, 0.3) is 15.7 Å². The van der Waals surface area contributed by atoms with Gasteiger partial charge in [0.1, 0.15) is 5.75 Å². The highest BCUT2D eigenvalue weighted by atomic mass is 35.5. The first-order valence-corrected chi connectivity index (χ1v) is 13.8. The molecule has 35 heavy (non-hydrogen) atoms. The number of nitrogens with one attached hydrogen (secondary N) is 1. The summed E-state index contributed by atoms with van der Waals surface area (Å²) < 4.78 is 87.4. The molecule has 0 unspecified atom stereocenters. The third kappa shape index (κ3) is 5.75. The van der Waals surface area contributed by atoms with Crippen molar-refractivity contribution >= 4 is 42.9 Å². The molecule has 0 spiro atoms. The molecule has 0 fully saturated rings. The molecule has 0 aliphatic rings. The van der Waals surface area contributed by atoms with Crippen molar-refractivity contribution < 1.29 is 39.9 Å². The Kier molecular flexibility index (Phi) is 7.95. The Morgan fingerprint density at radius 1 is 1.09 bits per heavy atom. The van der Waals surface area contributed by atoms with E-state index in [1.807, 2.05) is 0 Å². The van der Waals surface area contributed by atoms with Crippen molar-refractivity contribution in [2.75, 3.05) is 11.1 Å². The first-order valence-electron chi connectivity index (χ1n) is 10.3. The van der Waals surface area contributed by atoms with Crippen molar-refractivity contribution in [2.45, 2.75) is 61.8 Å². The average molecular weight is 556 g/mol. The van der Waals surface area contributed by atoms with E-state index in [-0.39, 0.29) is 33.0 Å². The molecule has 0 radical (unpaired) electrons. The molecule has 1 amide bonds. The van der Waals surface area contributed by atoms with Gasteiger partial charge in [0.05, 0.1) is 31.8 Å². The number of phenolic OH excluding ortho intramolecular Hbond substituents is 1. The second-order valence-electron chi connectivity index (χ2n) is 8.88. The summed E-state index contributed by atoms with van der Waals surface area (Å²) in [6.45, 7) is 8.17. The molecule has 2 rings (SSSR count). The Bertz CT molecular complexity index is 1380. The number of sulfone groups is 2. The molecule has 0 aliphatic carbocycles. The van der Waals surface area contributed by atoms with Crippen LogP contribution in [0, 0.1) is 6.92 Å². The second-order valence-corrected chi connectivity index (χ2v) is 13.3. The molecule has 0 saturated heterocycles. The van der Waals surface area contributed by atoms with Gasteiger partial charge < -0.3 is 10.4 Å². The van der Waals surface area contributed by atoms with Crippen molar-refractivity contribution in [1.29, 1.82) is 0 Å². The van der Waals surface area contributed by atoms with Crippen LogP contribution in [0.5, 0.6) is 5.75 Å². The largest absolute Gasteiger partial charge is 0.507 e. The lowest BCUT2D eigenvalue weighted by molar-refractivity contribution is -0.0436. The second kappa shape index (κ2) is 9.62. The van der Waals surface area contributed by atoms with Gasteiger partial charge in [-0.05, 0) is 48.6 Å². The third-order valence-corrected chi connectivity index (χ3v) is 9.00. The van der Waals surface area contributed by atoms with Crippen LogP contribution in [0.25, 0.3) is 0 Å². The van der Waals surface area contributed by atoms with Gasteiger partial charge in [-0.2, -0.15) is 13.2 Å². The van der Waals surface area contributed by atoms with E-state index in [2.05, 4.69) is 5.32 Å². The number of hydrogen-bond donors (Lipinski definition) is 2. The smallest absolute Gasteiger partial charge is 0.501 e. The molecule has 0 aromatic heterocycles. The Morgan fingerprint density at radius 2 is 1.66 bits per heavy atom. The number of hydrogen-bond acceptors (Lipinski definition) is 6. The van der Waals surface area contributed by atoms with Gasteiger partial charge in [-0.1, -0.05) is 39.3 Å². The summed E-state index contributed by atoms with van der Waals surface area (Å²) in [4.78, 5) is 11.9. The summed E-state index contributed by atoms with van der Waals surface area (Å²) in [6.07, 6.45) is 0.317. The van der Waals surface area contributed by atoms with Gasteiger partial charge in [0.2, 0.25) is 0 Å². The lowest BCUT2D eigenvalue weighted by atomic mass is 9.84. The van der Waals surface area contributed by atoms with Crippen LogP contribution in [0.3, 0.4) is 0 Å². The maximum Gasteiger partial charge on any atom is 0.501 e. The van der Waals surface area contributed by atoms with Gasteiger partial charge in [-0.25, -0.2) is 16.8 Å². The van der Waals surface area contributed by atoms with E-state index in [4.69, 9.17) is 11.6 Å². The highest BCUT2D eigenvalue weighted by Gasteiger charge is 2.47. The zero-order valence-corrected chi connectivity index (χ0v) is 21.9. The summed E-state index contributed by atoms with van der Waals surface area (Å²) in [5.74, 6) is -1.63. The standard InChI is InChI=1S/C22H25ClF3NO6S2/c1-6-9-34(30,31)17-11-14(21(3,4)5)19(28)18(12(17)2)20(29)27-16-8-7-13(10-15(16)23)35(32,33)22(24,25)26/h7-8,10-11,28H,6,9H2,1-5H3,(H,27,29). The van der Waals surface area contributed by atoms with E-state index >= 15 is 0 Å². The Morgan fingerprint density at radius 3 is 2.11 bits per heavy atom. The number of benzene rings is 2. The van der Waals surface area contributed by atoms with Crippen molar-refractivity contribution in [1.82, 2.24) is 0 Å². The SMILES string of the molecule is CCCS(=O)(=O)c1cc(C(C)(C)C)c(O)c(C(=O)Nc2ccc(S(=O)(=O)C(F)(F)F)cc2Cl)c1C. The predicted octanol–water partition coefficient (Wildman–Crippen LogP) is 5.38. The van der Waals surface area contributed by atoms with Crippen LogP contribution < -0.4 is 5.32 Å². The summed E-state index contributed by atoms with van der Waals surface area (Å²) >= 11 is 5.94. The van der Waals surface area contributed by atoms with Gasteiger partial charge >= 0.3 is 5.51 Å². The van der Waals surface area contributed by atoms with Crippen molar-refractivity contribution in [3.63, 3.8) is 0 Å². The van der Waals surface area contributed by atoms with Gasteiger partial charge in [-0.15, -0.1) is 0 Å². The van der Waals surface area contributed by atoms with E-state index in [1.165, 1.54) is 13.0 Å². The molecule has 2 aromatic rings. The fourth-order valence-electron chi connectivity index (χ4n) is 3.38. The maximum absolute atomic E-state index is 13.1. The molecular formula is C22H25ClF3NO6S2. The van der Waals surface area contributed by atoms with Crippen LogP contribution in [0.15, 0.2) is 34.1 Å². The van der Waals surface area contributed by atoms with Crippen molar-refractivity contribution in [2.24, 2.45) is 0 Å². The minimum Gasteiger partial charge on any atom is -0.507 e.